The van der Waals surface area contributed by atoms with Gasteiger partial charge in [0, 0.05) is 0 Å². The van der Waals surface area contributed by atoms with E-state index < -0.39 is 0 Å². The first kappa shape index (κ1) is 9.85. The molecule has 0 heterocycles. The van der Waals surface area contributed by atoms with Crippen LogP contribution in [0.3, 0.4) is 0 Å². The molecular formula is C4H8ClPd. The maximum atomic E-state index is 3.64. The minimum atomic E-state index is 0. The van der Waals surface area contributed by atoms with Gasteiger partial charge in [-0.2, -0.15) is 0 Å². The fraction of sp³-hybridized carbons (Fsp3) is 0.500. The van der Waals surface area contributed by atoms with Crippen molar-refractivity contribution in [2.24, 2.45) is 0 Å². The molecule has 0 radical (unpaired) electrons. The van der Waals surface area contributed by atoms with Crippen LogP contribution in [0.4, 0.5) is 0 Å². The van der Waals surface area contributed by atoms with E-state index in [2.05, 4.69) is 25.8 Å². The molecule has 0 spiro atoms. The van der Waals surface area contributed by atoms with Gasteiger partial charge in [0.05, 0.1) is 0 Å². The summed E-state index contributed by atoms with van der Waals surface area (Å²) in [6.07, 6.45) is 0. The van der Waals surface area contributed by atoms with Crippen LogP contribution in [0.2, 0.25) is 4.89 Å². The van der Waals surface area contributed by atoms with E-state index in [1.807, 2.05) is 6.92 Å². The molecule has 0 aliphatic heterocycles. The van der Waals surface area contributed by atoms with E-state index in [4.69, 9.17) is 0 Å². The topological polar surface area (TPSA) is 0 Å². The second-order valence-corrected chi connectivity index (χ2v) is 1.62. The molecule has 41 valence electrons. The SMILES string of the molecule is C=C(C)[CH2][Pd].Cl. The Labute approximate surface area is 55.8 Å². The first-order valence-corrected chi connectivity index (χ1v) is 2.53. The number of rotatable bonds is 1. The third kappa shape index (κ3) is 8.83. The molecular weight excluding hydrogens is 190 g/mol. The van der Waals surface area contributed by atoms with Gasteiger partial charge < -0.3 is 0 Å². The van der Waals surface area contributed by atoms with Crippen molar-refractivity contribution in [1.82, 2.24) is 0 Å². The Kier molecular flexibility index (Phi) is 9.34. The molecule has 0 amide bonds. The van der Waals surface area contributed by atoms with E-state index >= 15 is 0 Å². The van der Waals surface area contributed by atoms with Crippen molar-refractivity contribution in [2.45, 2.75) is 11.8 Å². The summed E-state index contributed by atoms with van der Waals surface area (Å²) < 4.78 is 0. The Hall–Kier alpha value is 0.692. The van der Waals surface area contributed by atoms with Crippen molar-refractivity contribution in [3.8, 4) is 0 Å². The van der Waals surface area contributed by atoms with E-state index in [9.17, 15) is 0 Å². The van der Waals surface area contributed by atoms with Gasteiger partial charge in [-0.05, 0) is 0 Å². The summed E-state index contributed by atoms with van der Waals surface area (Å²) in [5.74, 6) is 0. The largest absolute Gasteiger partial charge is 0.147 e. The van der Waals surface area contributed by atoms with Crippen LogP contribution in [-0.4, -0.2) is 0 Å². The van der Waals surface area contributed by atoms with E-state index in [1.165, 1.54) is 5.57 Å². The molecule has 0 nitrogen and oxygen atoms in total. The second kappa shape index (κ2) is 5.69. The normalized spacial score (nSPS) is 6.50. The number of hydrogen-bond acceptors (Lipinski definition) is 0. The Balaban J connectivity index is 0. The first-order chi connectivity index (χ1) is 2.27. The van der Waals surface area contributed by atoms with Gasteiger partial charge in [-0.15, -0.1) is 12.4 Å². The van der Waals surface area contributed by atoms with E-state index in [0.29, 0.717) is 0 Å². The van der Waals surface area contributed by atoms with Gasteiger partial charge in [0.25, 0.3) is 0 Å². The molecule has 0 unspecified atom stereocenters. The molecule has 0 aromatic rings. The zero-order valence-electron chi connectivity index (χ0n) is 3.64. The molecule has 2 heteroatoms. The summed E-state index contributed by atoms with van der Waals surface area (Å²) >= 11 is 2.99. The predicted molar refractivity (Wildman–Crippen MR) is 26.9 cm³/mol. The molecule has 0 aromatic carbocycles. The van der Waals surface area contributed by atoms with Crippen molar-refractivity contribution >= 4 is 12.4 Å². The molecule has 0 aliphatic carbocycles. The van der Waals surface area contributed by atoms with Crippen molar-refractivity contribution in [2.75, 3.05) is 0 Å². The summed E-state index contributed by atoms with van der Waals surface area (Å²) in [6, 6.07) is 0. The van der Waals surface area contributed by atoms with Crippen LogP contribution in [0.25, 0.3) is 0 Å². The zero-order chi connectivity index (χ0) is 4.28. The van der Waals surface area contributed by atoms with Crippen LogP contribution in [0.5, 0.6) is 0 Å². The van der Waals surface area contributed by atoms with Gasteiger partial charge in [-0.1, -0.05) is 0 Å². The van der Waals surface area contributed by atoms with Gasteiger partial charge in [-0.3, -0.25) is 0 Å². The summed E-state index contributed by atoms with van der Waals surface area (Å²) in [5.41, 5.74) is 1.19. The third-order valence-electron chi connectivity index (χ3n) is 0.191. The van der Waals surface area contributed by atoms with Gasteiger partial charge >= 0.3 is 43.2 Å². The van der Waals surface area contributed by atoms with Crippen LogP contribution >= 0.6 is 12.4 Å². The Morgan fingerprint density at radius 3 is 2.00 bits per heavy atom. The molecule has 0 saturated carbocycles. The average molecular weight is 198 g/mol. The van der Waals surface area contributed by atoms with Crippen LogP contribution in [0.1, 0.15) is 6.92 Å². The van der Waals surface area contributed by atoms with Crippen LogP contribution in [0.15, 0.2) is 12.2 Å². The van der Waals surface area contributed by atoms with E-state index in [1.54, 1.807) is 0 Å². The van der Waals surface area contributed by atoms with Crippen LogP contribution in [-0.2, 0) is 19.2 Å². The summed E-state index contributed by atoms with van der Waals surface area (Å²) in [7, 11) is 0. The Morgan fingerprint density at radius 2 is 2.00 bits per heavy atom. The van der Waals surface area contributed by atoms with Crippen molar-refractivity contribution in [3.05, 3.63) is 12.2 Å². The maximum absolute atomic E-state index is 3.64. The fourth-order valence-corrected chi connectivity index (χ4v) is 0. The fourth-order valence-electron chi connectivity index (χ4n) is 0. The minimum absolute atomic E-state index is 0. The van der Waals surface area contributed by atoms with Crippen molar-refractivity contribution < 1.29 is 19.2 Å². The van der Waals surface area contributed by atoms with Crippen LogP contribution < -0.4 is 0 Å². The minimum Gasteiger partial charge on any atom is -0.147 e. The monoisotopic (exact) mass is 197 g/mol. The Bertz CT molecular complexity index is 42.8. The summed E-state index contributed by atoms with van der Waals surface area (Å²) in [4.78, 5) is 0.961. The van der Waals surface area contributed by atoms with Gasteiger partial charge in [0.1, 0.15) is 0 Å². The molecule has 0 saturated heterocycles. The molecule has 0 rings (SSSR count). The average Bonchev–Trinajstić information content (AvgIpc) is 1.38. The molecule has 0 N–H and O–H groups in total. The quantitative estimate of drug-likeness (QED) is 0.446. The maximum Gasteiger partial charge on any atom is -0.147 e. The van der Waals surface area contributed by atoms with E-state index in [-0.39, 0.29) is 12.4 Å². The molecule has 6 heavy (non-hydrogen) atoms. The van der Waals surface area contributed by atoms with Gasteiger partial charge in [-0.25, -0.2) is 0 Å². The number of hydrogen-bond donors (Lipinski definition) is 0. The van der Waals surface area contributed by atoms with Crippen LogP contribution in [0, 0.1) is 0 Å². The third-order valence-corrected chi connectivity index (χ3v) is 1.13. The predicted octanol–water partition coefficient (Wildman–Crippen LogP) is 1.95. The standard InChI is InChI=1S/C4H7.ClH.Pd/c1-4(2)3;;/h1-2H2,3H3;1H;. The van der Waals surface area contributed by atoms with Crippen molar-refractivity contribution in [1.29, 1.82) is 0 Å². The van der Waals surface area contributed by atoms with Gasteiger partial charge in [0.2, 0.25) is 0 Å². The first-order valence-electron chi connectivity index (χ1n) is 1.43. The summed E-state index contributed by atoms with van der Waals surface area (Å²) in [5, 5.41) is 0. The molecule has 0 atom stereocenters. The molecule has 0 fully saturated rings. The summed E-state index contributed by atoms with van der Waals surface area (Å²) in [6.45, 7) is 5.63. The number of halogens is 1. The number of allylic oxidation sites excluding steroid dienone is 1. The van der Waals surface area contributed by atoms with Crippen molar-refractivity contribution in [3.63, 3.8) is 0 Å². The zero-order valence-corrected chi connectivity index (χ0v) is 6.01. The molecule has 0 bridgehead atoms. The smallest absolute Gasteiger partial charge is 0.147 e. The molecule has 0 aliphatic rings. The van der Waals surface area contributed by atoms with E-state index in [0.717, 1.165) is 4.89 Å². The second-order valence-electron chi connectivity index (χ2n) is 1.07. The Morgan fingerprint density at radius 1 is 1.83 bits per heavy atom. The molecule has 0 aromatic heterocycles. The van der Waals surface area contributed by atoms with Gasteiger partial charge in [0.15, 0.2) is 0 Å².